The zero-order valence-corrected chi connectivity index (χ0v) is 17.4. The molecule has 0 aliphatic carbocycles. The molecule has 0 unspecified atom stereocenters. The van der Waals surface area contributed by atoms with Gasteiger partial charge in [0.15, 0.2) is 0 Å². The van der Waals surface area contributed by atoms with Gasteiger partial charge in [-0.2, -0.15) is 0 Å². The van der Waals surface area contributed by atoms with Gasteiger partial charge in [-0.15, -0.1) is 0 Å². The fourth-order valence-electron chi connectivity index (χ4n) is 4.30. The number of anilines is 2. The number of para-hydroxylation sites is 2. The molecule has 1 amide bonds. The summed E-state index contributed by atoms with van der Waals surface area (Å²) in [6.07, 6.45) is 0.830. The number of benzene rings is 2. The molecule has 2 aromatic carbocycles. The van der Waals surface area contributed by atoms with Gasteiger partial charge in [0, 0.05) is 44.8 Å². The molecule has 0 bridgehead atoms. The molecule has 3 heterocycles. The molecule has 7 nitrogen and oxygen atoms in total. The smallest absolute Gasteiger partial charge is 0.254 e. The number of hydrogen-bond acceptors (Lipinski definition) is 5. The first-order valence-electron chi connectivity index (χ1n) is 10.8. The second-order valence-corrected chi connectivity index (χ2v) is 7.98. The number of fused-ring (bicyclic) bond motifs is 1. The standard InChI is InChI=1S/C23H26FN5O2/c24-18-16-17(6-7-21(18)27-12-14-31-15-13-27)22(30)28-8-3-9-29(11-10-28)23-25-19-4-1-2-5-20(19)26-23/h1-2,4-7,16H,3,8-15H2,(H,25,26). The fraction of sp³-hybridized carbons (Fsp3) is 0.391. The van der Waals surface area contributed by atoms with Crippen molar-refractivity contribution in [3.05, 3.63) is 53.8 Å². The molecule has 0 saturated carbocycles. The largest absolute Gasteiger partial charge is 0.378 e. The lowest BCUT2D eigenvalue weighted by Crippen LogP contribution is -2.37. The van der Waals surface area contributed by atoms with Crippen molar-refractivity contribution in [2.45, 2.75) is 6.42 Å². The molecule has 2 saturated heterocycles. The highest BCUT2D eigenvalue weighted by Gasteiger charge is 2.23. The third-order valence-electron chi connectivity index (χ3n) is 6.01. The summed E-state index contributed by atoms with van der Waals surface area (Å²) in [5, 5.41) is 0. The van der Waals surface area contributed by atoms with E-state index in [1.807, 2.05) is 34.1 Å². The van der Waals surface area contributed by atoms with Crippen LogP contribution in [0.3, 0.4) is 0 Å². The Morgan fingerprint density at radius 3 is 2.61 bits per heavy atom. The molecule has 31 heavy (non-hydrogen) atoms. The summed E-state index contributed by atoms with van der Waals surface area (Å²) >= 11 is 0. The molecular weight excluding hydrogens is 397 g/mol. The Hall–Kier alpha value is -3.13. The van der Waals surface area contributed by atoms with Crippen molar-refractivity contribution < 1.29 is 13.9 Å². The van der Waals surface area contributed by atoms with Crippen LogP contribution in [0.2, 0.25) is 0 Å². The molecule has 0 atom stereocenters. The average Bonchev–Trinajstić information content (AvgIpc) is 3.08. The van der Waals surface area contributed by atoms with Crippen molar-refractivity contribution in [3.63, 3.8) is 0 Å². The van der Waals surface area contributed by atoms with Crippen molar-refractivity contribution in [1.29, 1.82) is 0 Å². The van der Waals surface area contributed by atoms with E-state index in [0.29, 0.717) is 57.2 Å². The Labute approximate surface area is 180 Å². The van der Waals surface area contributed by atoms with Crippen LogP contribution in [0.15, 0.2) is 42.5 Å². The minimum atomic E-state index is -0.355. The number of nitrogens with one attached hydrogen (secondary N) is 1. The first-order chi connectivity index (χ1) is 15.2. The molecule has 8 heteroatoms. The van der Waals surface area contributed by atoms with E-state index in [1.165, 1.54) is 6.07 Å². The Balaban J connectivity index is 1.27. The van der Waals surface area contributed by atoms with Crippen molar-refractivity contribution in [2.75, 3.05) is 62.3 Å². The highest BCUT2D eigenvalue weighted by molar-refractivity contribution is 5.94. The molecule has 5 rings (SSSR count). The van der Waals surface area contributed by atoms with E-state index in [-0.39, 0.29) is 11.7 Å². The van der Waals surface area contributed by atoms with Gasteiger partial charge in [-0.3, -0.25) is 4.79 Å². The molecule has 1 aromatic heterocycles. The SMILES string of the molecule is O=C(c1ccc(N2CCOCC2)c(F)c1)N1CCCN(c2nc3ccccc3[nH]2)CC1. The fourth-order valence-corrected chi connectivity index (χ4v) is 4.30. The van der Waals surface area contributed by atoms with Crippen LogP contribution < -0.4 is 9.80 Å². The summed E-state index contributed by atoms with van der Waals surface area (Å²) in [7, 11) is 0. The maximum atomic E-state index is 14.8. The van der Waals surface area contributed by atoms with E-state index in [1.54, 1.807) is 12.1 Å². The van der Waals surface area contributed by atoms with Crippen LogP contribution in [-0.4, -0.2) is 73.3 Å². The van der Waals surface area contributed by atoms with Crippen molar-refractivity contribution in [1.82, 2.24) is 14.9 Å². The van der Waals surface area contributed by atoms with Crippen molar-refractivity contribution >= 4 is 28.6 Å². The predicted octanol–water partition coefficient (Wildman–Crippen LogP) is 2.89. The zero-order chi connectivity index (χ0) is 21.2. The third kappa shape index (κ3) is 4.07. The lowest BCUT2D eigenvalue weighted by molar-refractivity contribution is 0.0766. The highest BCUT2D eigenvalue weighted by atomic mass is 19.1. The van der Waals surface area contributed by atoms with Crippen LogP contribution in [0.4, 0.5) is 16.0 Å². The first kappa shape index (κ1) is 19.8. The van der Waals surface area contributed by atoms with Gasteiger partial charge >= 0.3 is 0 Å². The van der Waals surface area contributed by atoms with Gasteiger partial charge in [0.25, 0.3) is 5.91 Å². The maximum Gasteiger partial charge on any atom is 0.254 e. The number of rotatable bonds is 3. The normalized spacial score (nSPS) is 17.8. The molecule has 1 N–H and O–H groups in total. The second-order valence-electron chi connectivity index (χ2n) is 7.98. The summed E-state index contributed by atoms with van der Waals surface area (Å²) in [5.41, 5.74) is 2.87. The number of nitrogens with zero attached hydrogens (tertiary/aromatic N) is 4. The molecule has 2 fully saturated rings. The van der Waals surface area contributed by atoms with Crippen LogP contribution in [0.5, 0.6) is 0 Å². The molecule has 2 aliphatic rings. The number of halogens is 1. The van der Waals surface area contributed by atoms with Gasteiger partial charge in [0.1, 0.15) is 5.82 Å². The van der Waals surface area contributed by atoms with E-state index in [0.717, 1.165) is 29.9 Å². The lowest BCUT2D eigenvalue weighted by atomic mass is 10.1. The Bertz CT molecular complexity index is 1050. The van der Waals surface area contributed by atoms with Crippen LogP contribution >= 0.6 is 0 Å². The van der Waals surface area contributed by atoms with Gasteiger partial charge in [-0.1, -0.05) is 12.1 Å². The topological polar surface area (TPSA) is 64.7 Å². The first-order valence-corrected chi connectivity index (χ1v) is 10.8. The minimum Gasteiger partial charge on any atom is -0.378 e. The number of amides is 1. The number of morpholine rings is 1. The monoisotopic (exact) mass is 423 g/mol. The van der Waals surface area contributed by atoms with Gasteiger partial charge in [0.05, 0.1) is 29.9 Å². The number of aromatic nitrogens is 2. The predicted molar refractivity (Wildman–Crippen MR) is 118 cm³/mol. The maximum absolute atomic E-state index is 14.8. The van der Waals surface area contributed by atoms with E-state index < -0.39 is 0 Å². The lowest BCUT2D eigenvalue weighted by Gasteiger charge is -2.29. The molecule has 0 spiro atoms. The number of carbonyl (C=O) groups excluding carboxylic acids is 1. The summed E-state index contributed by atoms with van der Waals surface area (Å²) in [5.74, 6) is 0.349. The number of imidazole rings is 1. The Kier molecular flexibility index (Phi) is 5.46. The Morgan fingerprint density at radius 2 is 1.81 bits per heavy atom. The van der Waals surface area contributed by atoms with Gasteiger partial charge in [-0.05, 0) is 36.8 Å². The summed E-state index contributed by atoms with van der Waals surface area (Å²) in [4.78, 5) is 27.0. The average molecular weight is 423 g/mol. The van der Waals surface area contributed by atoms with Gasteiger partial charge in [0.2, 0.25) is 5.95 Å². The zero-order valence-electron chi connectivity index (χ0n) is 17.4. The number of H-pyrrole nitrogens is 1. The van der Waals surface area contributed by atoms with Crippen LogP contribution in [0, 0.1) is 5.82 Å². The Morgan fingerprint density at radius 1 is 0.968 bits per heavy atom. The summed E-state index contributed by atoms with van der Waals surface area (Å²) < 4.78 is 20.1. The van der Waals surface area contributed by atoms with Crippen LogP contribution in [-0.2, 0) is 4.74 Å². The van der Waals surface area contributed by atoms with E-state index in [4.69, 9.17) is 4.74 Å². The minimum absolute atomic E-state index is 0.126. The van der Waals surface area contributed by atoms with Crippen LogP contribution in [0.1, 0.15) is 16.8 Å². The molecule has 0 radical (unpaired) electrons. The number of hydrogen-bond donors (Lipinski definition) is 1. The van der Waals surface area contributed by atoms with Crippen LogP contribution in [0.25, 0.3) is 11.0 Å². The van der Waals surface area contributed by atoms with E-state index >= 15 is 0 Å². The van der Waals surface area contributed by atoms with E-state index in [2.05, 4.69) is 14.9 Å². The quantitative estimate of drug-likeness (QED) is 0.702. The van der Waals surface area contributed by atoms with Crippen molar-refractivity contribution in [3.8, 4) is 0 Å². The highest BCUT2D eigenvalue weighted by Crippen LogP contribution is 2.23. The molecular formula is C23H26FN5O2. The van der Waals surface area contributed by atoms with Crippen molar-refractivity contribution in [2.24, 2.45) is 0 Å². The summed E-state index contributed by atoms with van der Waals surface area (Å²) in [6.45, 7) is 5.21. The summed E-state index contributed by atoms with van der Waals surface area (Å²) in [6, 6.07) is 12.8. The second kappa shape index (κ2) is 8.55. The van der Waals surface area contributed by atoms with Gasteiger partial charge < -0.3 is 24.4 Å². The third-order valence-corrected chi connectivity index (χ3v) is 6.01. The van der Waals surface area contributed by atoms with E-state index in [9.17, 15) is 9.18 Å². The number of ether oxygens (including phenoxy) is 1. The number of carbonyl (C=O) groups is 1. The molecule has 162 valence electrons. The van der Waals surface area contributed by atoms with Gasteiger partial charge in [-0.25, -0.2) is 9.37 Å². The molecule has 2 aliphatic heterocycles. The molecule has 3 aromatic rings. The number of aromatic amines is 1.